The molecule has 0 bridgehead atoms. The zero-order chi connectivity index (χ0) is 12.4. The van der Waals surface area contributed by atoms with Gasteiger partial charge in [-0.2, -0.15) is 0 Å². The highest BCUT2D eigenvalue weighted by Crippen LogP contribution is 2.21. The quantitative estimate of drug-likeness (QED) is 0.431. The van der Waals surface area contributed by atoms with Crippen LogP contribution in [0.5, 0.6) is 0 Å². The molecule has 0 aliphatic carbocycles. The van der Waals surface area contributed by atoms with E-state index < -0.39 is 11.8 Å². The van der Waals surface area contributed by atoms with Gasteiger partial charge in [0.25, 0.3) is 0 Å². The van der Waals surface area contributed by atoms with Crippen LogP contribution in [0.15, 0.2) is 6.33 Å². The van der Waals surface area contributed by atoms with Gasteiger partial charge in [-0.25, -0.2) is 9.97 Å². The Morgan fingerprint density at radius 1 is 1.29 bits per heavy atom. The number of nitrogens with one attached hydrogen (secondary N) is 1. The van der Waals surface area contributed by atoms with E-state index in [0.717, 1.165) is 0 Å². The molecule has 1 aliphatic heterocycles. The van der Waals surface area contributed by atoms with Gasteiger partial charge in [-0.15, -0.1) is 0 Å². The summed E-state index contributed by atoms with van der Waals surface area (Å²) in [6, 6.07) is 0. The molecule has 0 atom stereocenters. The van der Waals surface area contributed by atoms with Crippen LogP contribution in [0, 0.1) is 0 Å². The fourth-order valence-corrected chi connectivity index (χ4v) is 1.68. The summed E-state index contributed by atoms with van der Waals surface area (Å²) < 4.78 is 0. The fourth-order valence-electron chi connectivity index (χ4n) is 1.51. The maximum atomic E-state index is 11.2. The van der Waals surface area contributed by atoms with Gasteiger partial charge in [-0.1, -0.05) is 11.6 Å². The summed E-state index contributed by atoms with van der Waals surface area (Å²) in [5.41, 5.74) is 0.0664. The summed E-state index contributed by atoms with van der Waals surface area (Å²) in [7, 11) is 0. The molecule has 0 radical (unpaired) electrons. The summed E-state index contributed by atoms with van der Waals surface area (Å²) in [5.74, 6) is -0.719. The summed E-state index contributed by atoms with van der Waals surface area (Å²) in [6.07, 6.45) is 1.66. The van der Waals surface area contributed by atoms with Gasteiger partial charge in [0.15, 0.2) is 6.29 Å². The second-order valence-corrected chi connectivity index (χ2v) is 3.71. The van der Waals surface area contributed by atoms with Crippen LogP contribution in [0.25, 0.3) is 0 Å². The largest absolute Gasteiger partial charge is 0.337 e. The molecular formula is C9H7ClN4O3. The van der Waals surface area contributed by atoms with Gasteiger partial charge in [0, 0.05) is 0 Å². The third-order valence-electron chi connectivity index (χ3n) is 2.18. The number of piperazine rings is 1. The highest BCUT2D eigenvalue weighted by molar-refractivity contribution is 6.32. The molecule has 0 spiro atoms. The molecule has 0 saturated carbocycles. The molecule has 7 nitrogen and oxygen atoms in total. The predicted octanol–water partition coefficient (Wildman–Crippen LogP) is -0.595. The summed E-state index contributed by atoms with van der Waals surface area (Å²) in [6.45, 7) is -0.111. The van der Waals surface area contributed by atoms with Crippen molar-refractivity contribution in [3.8, 4) is 0 Å². The van der Waals surface area contributed by atoms with E-state index in [1.807, 2.05) is 0 Å². The second-order valence-electron chi connectivity index (χ2n) is 3.35. The molecule has 1 fully saturated rings. The topological polar surface area (TPSA) is 92.3 Å². The van der Waals surface area contributed by atoms with Crippen LogP contribution in [0.2, 0.25) is 5.15 Å². The van der Waals surface area contributed by atoms with E-state index in [-0.39, 0.29) is 29.6 Å². The molecule has 1 aliphatic rings. The standard InChI is InChI=1S/C9H7ClN4O3/c10-8-5(3-15)9(12-4-11-8)14-1-6(16)13-7(17)2-14/h3-4H,1-2H2,(H,13,16,17). The molecular weight excluding hydrogens is 248 g/mol. The lowest BCUT2D eigenvalue weighted by Crippen LogP contribution is -2.52. The van der Waals surface area contributed by atoms with Crippen LogP contribution < -0.4 is 10.2 Å². The van der Waals surface area contributed by atoms with E-state index >= 15 is 0 Å². The highest BCUT2D eigenvalue weighted by Gasteiger charge is 2.26. The summed E-state index contributed by atoms with van der Waals surface area (Å²) >= 11 is 5.73. The molecule has 2 heterocycles. The second kappa shape index (κ2) is 4.46. The van der Waals surface area contributed by atoms with Crippen molar-refractivity contribution in [2.75, 3.05) is 18.0 Å². The minimum atomic E-state index is -0.451. The number of carbonyl (C=O) groups is 3. The van der Waals surface area contributed by atoms with Crippen LogP contribution in [0.3, 0.4) is 0 Å². The van der Waals surface area contributed by atoms with Gasteiger partial charge in [-0.3, -0.25) is 19.7 Å². The molecule has 17 heavy (non-hydrogen) atoms. The number of aromatic nitrogens is 2. The Morgan fingerprint density at radius 3 is 2.53 bits per heavy atom. The molecule has 1 saturated heterocycles. The lowest BCUT2D eigenvalue weighted by atomic mass is 10.2. The van der Waals surface area contributed by atoms with Crippen LogP contribution in [0.1, 0.15) is 10.4 Å². The van der Waals surface area contributed by atoms with Gasteiger partial charge >= 0.3 is 0 Å². The third kappa shape index (κ3) is 2.23. The summed E-state index contributed by atoms with van der Waals surface area (Å²) in [5, 5.41) is 2.14. The van der Waals surface area contributed by atoms with Gasteiger partial charge < -0.3 is 4.90 Å². The van der Waals surface area contributed by atoms with E-state index in [1.54, 1.807) is 0 Å². The minimum absolute atomic E-state index is 0.0107. The van der Waals surface area contributed by atoms with Crippen molar-refractivity contribution in [1.29, 1.82) is 0 Å². The normalized spacial score (nSPS) is 15.7. The van der Waals surface area contributed by atoms with Crippen molar-refractivity contribution in [2.45, 2.75) is 0 Å². The monoisotopic (exact) mass is 254 g/mol. The van der Waals surface area contributed by atoms with Gasteiger partial charge in [0.1, 0.15) is 17.3 Å². The predicted molar refractivity (Wildman–Crippen MR) is 57.8 cm³/mol. The molecule has 1 N–H and O–H groups in total. The van der Waals surface area contributed by atoms with Crippen molar-refractivity contribution in [3.63, 3.8) is 0 Å². The highest BCUT2D eigenvalue weighted by atomic mass is 35.5. The average molecular weight is 255 g/mol. The number of aldehydes is 1. The van der Waals surface area contributed by atoms with E-state index in [0.29, 0.717) is 6.29 Å². The number of hydrogen-bond donors (Lipinski definition) is 1. The number of nitrogens with zero attached hydrogens (tertiary/aromatic N) is 3. The Balaban J connectivity index is 2.39. The molecule has 2 amide bonds. The first-order chi connectivity index (χ1) is 8.11. The maximum absolute atomic E-state index is 11.2. The SMILES string of the molecule is O=Cc1c(Cl)ncnc1N1CC(=O)NC(=O)C1. The van der Waals surface area contributed by atoms with E-state index in [9.17, 15) is 14.4 Å². The lowest BCUT2D eigenvalue weighted by molar-refractivity contribution is -0.130. The first kappa shape index (κ1) is 11.5. The number of imide groups is 1. The smallest absolute Gasteiger partial charge is 0.246 e. The number of carbonyl (C=O) groups excluding carboxylic acids is 3. The molecule has 1 aromatic rings. The van der Waals surface area contributed by atoms with Gasteiger partial charge in [0.05, 0.1) is 18.7 Å². The van der Waals surface area contributed by atoms with Crippen molar-refractivity contribution in [1.82, 2.24) is 15.3 Å². The first-order valence-corrected chi connectivity index (χ1v) is 5.03. The molecule has 8 heteroatoms. The van der Waals surface area contributed by atoms with Gasteiger partial charge in [-0.05, 0) is 0 Å². The van der Waals surface area contributed by atoms with Crippen molar-refractivity contribution < 1.29 is 14.4 Å². The van der Waals surface area contributed by atoms with E-state index in [2.05, 4.69) is 15.3 Å². The van der Waals surface area contributed by atoms with Crippen molar-refractivity contribution >= 4 is 35.5 Å². The molecule has 0 aromatic carbocycles. The van der Waals surface area contributed by atoms with Crippen LogP contribution in [0.4, 0.5) is 5.82 Å². The zero-order valence-electron chi connectivity index (χ0n) is 8.51. The zero-order valence-corrected chi connectivity index (χ0v) is 9.27. The van der Waals surface area contributed by atoms with Gasteiger partial charge in [0.2, 0.25) is 11.8 Å². The Kier molecular flexibility index (Phi) is 3.01. The number of hydrogen-bond acceptors (Lipinski definition) is 6. The van der Waals surface area contributed by atoms with Crippen molar-refractivity contribution in [3.05, 3.63) is 17.0 Å². The Morgan fingerprint density at radius 2 is 1.94 bits per heavy atom. The third-order valence-corrected chi connectivity index (χ3v) is 2.48. The lowest BCUT2D eigenvalue weighted by Gasteiger charge is -2.27. The summed E-state index contributed by atoms with van der Waals surface area (Å²) in [4.78, 5) is 42.2. The van der Waals surface area contributed by atoms with Crippen LogP contribution >= 0.6 is 11.6 Å². The van der Waals surface area contributed by atoms with E-state index in [1.165, 1.54) is 11.2 Å². The number of anilines is 1. The number of amides is 2. The molecule has 88 valence electrons. The molecule has 1 aromatic heterocycles. The van der Waals surface area contributed by atoms with E-state index in [4.69, 9.17) is 11.6 Å². The van der Waals surface area contributed by atoms with Crippen LogP contribution in [-0.4, -0.2) is 41.2 Å². The molecule has 2 rings (SSSR count). The average Bonchev–Trinajstić information content (AvgIpc) is 2.27. The van der Waals surface area contributed by atoms with Crippen molar-refractivity contribution in [2.24, 2.45) is 0 Å². The van der Waals surface area contributed by atoms with Crippen LogP contribution in [-0.2, 0) is 9.59 Å². The Hall–Kier alpha value is -2.02. The first-order valence-electron chi connectivity index (χ1n) is 4.65. The maximum Gasteiger partial charge on any atom is 0.246 e. The Bertz CT molecular complexity index is 489. The number of rotatable bonds is 2. The number of halogens is 1. The Labute approximate surface area is 101 Å². The molecule has 0 unspecified atom stereocenters. The minimum Gasteiger partial charge on any atom is -0.337 e. The fraction of sp³-hybridized carbons (Fsp3) is 0.222.